The van der Waals surface area contributed by atoms with Crippen molar-refractivity contribution in [3.63, 3.8) is 0 Å². The Balaban J connectivity index is 1.61. The number of ether oxygens (including phenoxy) is 3. The number of hydrogen-bond acceptors (Lipinski definition) is 8. The summed E-state index contributed by atoms with van der Waals surface area (Å²) in [5.74, 6) is 2.07. The number of methoxy groups -OCH3 is 3. The zero-order valence-corrected chi connectivity index (χ0v) is 20.9. The Morgan fingerprint density at radius 2 is 1.68 bits per heavy atom. The van der Waals surface area contributed by atoms with Gasteiger partial charge in [-0.2, -0.15) is 4.98 Å². The molecule has 1 aliphatic heterocycles. The fraction of sp³-hybridized carbons (Fsp3) is 0.185. The molecule has 0 fully saturated rings. The number of rotatable bonds is 7. The summed E-state index contributed by atoms with van der Waals surface area (Å²) in [6.07, 6.45) is 1.69. The average Bonchev–Trinajstić information content (AvgIpc) is 3.36. The monoisotopic (exact) mass is 498 g/mol. The molecule has 2 N–H and O–H groups in total. The number of amides is 1. The van der Waals surface area contributed by atoms with Crippen molar-refractivity contribution in [2.24, 2.45) is 0 Å². The highest BCUT2D eigenvalue weighted by Crippen LogP contribution is 2.42. The van der Waals surface area contributed by atoms with Crippen molar-refractivity contribution in [1.82, 2.24) is 19.7 Å². The van der Waals surface area contributed by atoms with E-state index in [0.717, 1.165) is 0 Å². The molecule has 188 valence electrons. The number of hydrogen-bond donors (Lipinski definition) is 2. The quantitative estimate of drug-likeness (QED) is 0.388. The molecule has 10 nitrogen and oxygen atoms in total. The number of pyridine rings is 1. The van der Waals surface area contributed by atoms with Gasteiger partial charge in [0.1, 0.15) is 6.04 Å². The Bertz CT molecular complexity index is 1440. The molecule has 1 unspecified atom stereocenters. The zero-order valence-electron chi connectivity index (χ0n) is 20.9. The standard InChI is InChI=1S/C27H26N6O4/c1-16-22(26(34)30-18-10-6-5-7-11-18)23(19-12-8-9-13-28-19)33-27(29-16)31-25(32-33)17-14-20(35-2)24(37-4)21(15-17)36-3/h5-15,23H,1-4H3,(H,30,34)(H,29,31,32). The van der Waals surface area contributed by atoms with Gasteiger partial charge in [0.05, 0.1) is 32.6 Å². The maximum Gasteiger partial charge on any atom is 0.255 e. The molecular formula is C27H26N6O4. The first-order valence-corrected chi connectivity index (χ1v) is 11.6. The highest BCUT2D eigenvalue weighted by Gasteiger charge is 2.35. The molecule has 1 aliphatic rings. The first-order valence-electron chi connectivity index (χ1n) is 11.6. The maximum atomic E-state index is 13.5. The third kappa shape index (κ3) is 4.44. The Morgan fingerprint density at radius 1 is 0.973 bits per heavy atom. The summed E-state index contributed by atoms with van der Waals surface area (Å²) >= 11 is 0. The van der Waals surface area contributed by atoms with Crippen molar-refractivity contribution >= 4 is 17.5 Å². The summed E-state index contributed by atoms with van der Waals surface area (Å²) in [5, 5.41) is 11.0. The minimum absolute atomic E-state index is 0.262. The van der Waals surface area contributed by atoms with E-state index in [0.29, 0.717) is 57.2 Å². The van der Waals surface area contributed by atoms with Gasteiger partial charge in [0.2, 0.25) is 11.7 Å². The molecule has 2 aromatic heterocycles. The molecule has 0 aliphatic carbocycles. The second kappa shape index (κ2) is 10.0. The Morgan fingerprint density at radius 3 is 2.30 bits per heavy atom. The smallest absolute Gasteiger partial charge is 0.255 e. The van der Waals surface area contributed by atoms with E-state index in [-0.39, 0.29) is 5.91 Å². The lowest BCUT2D eigenvalue weighted by atomic mass is 9.98. The number of nitrogens with zero attached hydrogens (tertiary/aromatic N) is 4. The van der Waals surface area contributed by atoms with Crippen LogP contribution in [0.1, 0.15) is 18.7 Å². The van der Waals surface area contributed by atoms with Crippen molar-refractivity contribution in [1.29, 1.82) is 0 Å². The topological polar surface area (TPSA) is 112 Å². The van der Waals surface area contributed by atoms with Gasteiger partial charge in [-0.05, 0) is 43.3 Å². The van der Waals surface area contributed by atoms with Crippen LogP contribution in [0.2, 0.25) is 0 Å². The van der Waals surface area contributed by atoms with Crippen LogP contribution in [0.4, 0.5) is 11.6 Å². The van der Waals surface area contributed by atoms with Crippen LogP contribution in [0.25, 0.3) is 11.4 Å². The fourth-order valence-electron chi connectivity index (χ4n) is 4.31. The molecule has 1 atom stereocenters. The molecule has 0 saturated carbocycles. The summed E-state index contributed by atoms with van der Waals surface area (Å²) in [7, 11) is 4.65. The van der Waals surface area contributed by atoms with Crippen LogP contribution in [-0.2, 0) is 4.79 Å². The summed E-state index contributed by atoms with van der Waals surface area (Å²) in [6.45, 7) is 1.84. The third-order valence-corrected chi connectivity index (χ3v) is 6.02. The maximum absolute atomic E-state index is 13.5. The molecule has 3 heterocycles. The van der Waals surface area contributed by atoms with Crippen molar-refractivity contribution in [2.75, 3.05) is 32.0 Å². The van der Waals surface area contributed by atoms with Gasteiger partial charge in [-0.1, -0.05) is 24.3 Å². The van der Waals surface area contributed by atoms with Crippen molar-refractivity contribution in [3.05, 3.63) is 83.8 Å². The van der Waals surface area contributed by atoms with Crippen LogP contribution >= 0.6 is 0 Å². The number of benzene rings is 2. The first kappa shape index (κ1) is 23.9. The second-order valence-electron chi connectivity index (χ2n) is 8.26. The Labute approximate surface area is 213 Å². The van der Waals surface area contributed by atoms with Gasteiger partial charge in [0, 0.05) is 23.1 Å². The van der Waals surface area contributed by atoms with Crippen LogP contribution in [-0.4, -0.2) is 47.0 Å². The van der Waals surface area contributed by atoms with Crippen LogP contribution in [0.3, 0.4) is 0 Å². The molecule has 5 rings (SSSR count). The van der Waals surface area contributed by atoms with Crippen LogP contribution in [0.5, 0.6) is 17.2 Å². The predicted molar refractivity (Wildman–Crippen MR) is 139 cm³/mol. The van der Waals surface area contributed by atoms with E-state index < -0.39 is 6.04 Å². The normalized spacial score (nSPS) is 14.4. The van der Waals surface area contributed by atoms with E-state index in [9.17, 15) is 4.79 Å². The van der Waals surface area contributed by atoms with Crippen LogP contribution in [0.15, 0.2) is 78.1 Å². The number of aromatic nitrogens is 4. The molecule has 1 amide bonds. The van der Waals surface area contributed by atoms with Crippen LogP contribution < -0.4 is 24.8 Å². The first-order chi connectivity index (χ1) is 18.0. The van der Waals surface area contributed by atoms with E-state index in [1.165, 1.54) is 0 Å². The molecule has 4 aromatic rings. The van der Waals surface area contributed by atoms with E-state index in [2.05, 4.69) is 15.6 Å². The van der Waals surface area contributed by atoms with E-state index >= 15 is 0 Å². The molecule has 0 bridgehead atoms. The van der Waals surface area contributed by atoms with Crippen molar-refractivity contribution in [2.45, 2.75) is 13.0 Å². The minimum atomic E-state index is -0.607. The number of fused-ring (bicyclic) bond motifs is 1. The number of anilines is 2. The van der Waals surface area contributed by atoms with E-state index in [4.69, 9.17) is 24.3 Å². The predicted octanol–water partition coefficient (Wildman–Crippen LogP) is 4.29. The third-order valence-electron chi connectivity index (χ3n) is 6.02. The van der Waals surface area contributed by atoms with Gasteiger partial charge < -0.3 is 24.8 Å². The van der Waals surface area contributed by atoms with Crippen molar-refractivity contribution in [3.8, 4) is 28.6 Å². The Hall–Kier alpha value is -4.86. The highest BCUT2D eigenvalue weighted by atomic mass is 16.5. The molecule has 2 aromatic carbocycles. The van der Waals surface area contributed by atoms with Gasteiger partial charge >= 0.3 is 0 Å². The zero-order chi connectivity index (χ0) is 25.9. The van der Waals surface area contributed by atoms with E-state index in [1.807, 2.05) is 55.5 Å². The lowest BCUT2D eigenvalue weighted by molar-refractivity contribution is -0.113. The number of carbonyl (C=O) groups excluding carboxylic acids is 1. The van der Waals surface area contributed by atoms with Gasteiger partial charge in [0.15, 0.2) is 17.3 Å². The lowest BCUT2D eigenvalue weighted by Gasteiger charge is -2.28. The molecule has 37 heavy (non-hydrogen) atoms. The van der Waals surface area contributed by atoms with Crippen molar-refractivity contribution < 1.29 is 19.0 Å². The summed E-state index contributed by atoms with van der Waals surface area (Å²) in [5.41, 5.74) is 3.14. The van der Waals surface area contributed by atoms with Crippen LogP contribution in [0, 0.1) is 0 Å². The molecule has 0 saturated heterocycles. The SMILES string of the molecule is COc1cc(-c2nc3n(n2)C(c2ccccn2)C(C(=O)Nc2ccccc2)=C(C)N3)cc(OC)c1OC. The average molecular weight is 499 g/mol. The second-order valence-corrected chi connectivity index (χ2v) is 8.26. The largest absolute Gasteiger partial charge is 0.493 e. The minimum Gasteiger partial charge on any atom is -0.493 e. The molecular weight excluding hydrogens is 472 g/mol. The number of carbonyl (C=O) groups is 1. The van der Waals surface area contributed by atoms with E-state index in [1.54, 1.807) is 44.3 Å². The number of para-hydroxylation sites is 1. The summed E-state index contributed by atoms with van der Waals surface area (Å²) in [4.78, 5) is 22.8. The summed E-state index contributed by atoms with van der Waals surface area (Å²) in [6, 6.07) is 17.8. The number of nitrogens with one attached hydrogen (secondary N) is 2. The fourth-order valence-corrected chi connectivity index (χ4v) is 4.31. The molecule has 0 spiro atoms. The highest BCUT2D eigenvalue weighted by molar-refractivity contribution is 6.06. The van der Waals surface area contributed by atoms with Gasteiger partial charge in [0.25, 0.3) is 5.91 Å². The van der Waals surface area contributed by atoms with Gasteiger partial charge in [-0.25, -0.2) is 4.68 Å². The van der Waals surface area contributed by atoms with Gasteiger partial charge in [-0.15, -0.1) is 5.10 Å². The van der Waals surface area contributed by atoms with Gasteiger partial charge in [-0.3, -0.25) is 9.78 Å². The Kier molecular flexibility index (Phi) is 6.46. The molecule has 0 radical (unpaired) electrons. The molecule has 10 heteroatoms. The lowest BCUT2D eigenvalue weighted by Crippen LogP contribution is -2.32. The summed E-state index contributed by atoms with van der Waals surface area (Å²) < 4.78 is 18.1. The number of allylic oxidation sites excluding steroid dienone is 1.